The molecule has 0 spiro atoms. The van der Waals surface area contributed by atoms with Crippen molar-refractivity contribution in [3.8, 4) is 0 Å². The Bertz CT molecular complexity index is 292. The molecule has 1 aliphatic heterocycles. The lowest BCUT2D eigenvalue weighted by Gasteiger charge is -1.89. The third-order valence-electron chi connectivity index (χ3n) is 2.29. The highest BCUT2D eigenvalue weighted by Gasteiger charge is 2.53. The Morgan fingerprint density at radius 3 is 3.50 bits per heavy atom. The first-order chi connectivity index (χ1) is 4.86. The van der Waals surface area contributed by atoms with Crippen molar-refractivity contribution in [2.75, 3.05) is 0 Å². The van der Waals surface area contributed by atoms with Crippen LogP contribution >= 0.6 is 11.8 Å². The van der Waals surface area contributed by atoms with Crippen molar-refractivity contribution < 1.29 is 4.57 Å². The number of imidazole rings is 1. The van der Waals surface area contributed by atoms with Crippen LogP contribution in [0.1, 0.15) is 12.5 Å². The Kier molecular flexibility index (Phi) is 0.744. The van der Waals surface area contributed by atoms with Crippen LogP contribution in [0.2, 0.25) is 0 Å². The molecule has 1 fully saturated rings. The van der Waals surface area contributed by atoms with Crippen LogP contribution in [0.25, 0.3) is 0 Å². The molecule has 0 aromatic carbocycles. The van der Waals surface area contributed by atoms with Gasteiger partial charge in [-0.1, -0.05) is 0 Å². The van der Waals surface area contributed by atoms with E-state index in [4.69, 9.17) is 0 Å². The van der Waals surface area contributed by atoms with E-state index in [1.54, 1.807) is 0 Å². The summed E-state index contributed by atoms with van der Waals surface area (Å²) in [7, 11) is 2.11. The minimum absolute atomic E-state index is 0.848. The molecule has 0 radical (unpaired) electrons. The van der Waals surface area contributed by atoms with Gasteiger partial charge in [-0.25, -0.2) is 9.13 Å². The van der Waals surface area contributed by atoms with Gasteiger partial charge in [0.05, 0.1) is 12.3 Å². The number of thioether (sulfide) groups is 1. The minimum atomic E-state index is 0.848. The monoisotopic (exact) mass is 153 g/mol. The first-order valence-corrected chi connectivity index (χ1v) is 4.47. The van der Waals surface area contributed by atoms with Crippen LogP contribution in [0, 0.1) is 0 Å². The summed E-state index contributed by atoms with van der Waals surface area (Å²) in [6, 6.07) is 0.848. The Balaban J connectivity index is 2.24. The molecule has 10 heavy (non-hydrogen) atoms. The molecule has 0 N–H and O–H groups in total. The molecule has 0 amide bonds. The molecular weight excluding hydrogens is 144 g/mol. The van der Waals surface area contributed by atoms with Crippen LogP contribution in [-0.4, -0.2) is 9.82 Å². The number of hydrogen-bond acceptors (Lipinski definition) is 1. The first-order valence-electron chi connectivity index (χ1n) is 3.59. The molecule has 52 valence electrons. The quantitative estimate of drug-likeness (QED) is 0.499. The average molecular weight is 153 g/mol. The van der Waals surface area contributed by atoms with Gasteiger partial charge in [0.25, 0.3) is 0 Å². The van der Waals surface area contributed by atoms with Crippen LogP contribution in [0.15, 0.2) is 17.6 Å². The zero-order valence-corrected chi connectivity index (χ0v) is 6.64. The van der Waals surface area contributed by atoms with E-state index in [1.807, 2.05) is 11.8 Å². The predicted octanol–water partition coefficient (Wildman–Crippen LogP) is 0.732. The molecule has 1 aromatic heterocycles. The smallest absolute Gasteiger partial charge is 0.227 e. The number of fused-ring (bicyclic) bond motifs is 3. The highest BCUT2D eigenvalue weighted by Crippen LogP contribution is 2.54. The van der Waals surface area contributed by atoms with Gasteiger partial charge in [0.1, 0.15) is 18.4 Å². The molecule has 1 aromatic rings. The van der Waals surface area contributed by atoms with Crippen LogP contribution in [-0.2, 0) is 7.05 Å². The maximum Gasteiger partial charge on any atom is 0.318 e. The molecule has 2 unspecified atom stereocenters. The summed E-state index contributed by atoms with van der Waals surface area (Å²) >= 11 is 2.02. The molecule has 3 heteroatoms. The Morgan fingerprint density at radius 1 is 1.80 bits per heavy atom. The SMILES string of the molecule is C[n+]1ccn2c1SC1CC12. The molecule has 3 rings (SSSR count). The van der Waals surface area contributed by atoms with Crippen molar-refractivity contribution in [1.29, 1.82) is 0 Å². The fraction of sp³-hybridized carbons (Fsp3) is 0.571. The van der Waals surface area contributed by atoms with Gasteiger partial charge in [-0.15, -0.1) is 0 Å². The maximum atomic E-state index is 2.40. The fourth-order valence-corrected chi connectivity index (χ4v) is 2.99. The first kappa shape index (κ1) is 5.24. The number of nitrogens with zero attached hydrogens (tertiary/aromatic N) is 2. The van der Waals surface area contributed by atoms with Crippen molar-refractivity contribution in [3.63, 3.8) is 0 Å². The van der Waals surface area contributed by atoms with Crippen molar-refractivity contribution in [2.45, 2.75) is 22.9 Å². The molecule has 2 heterocycles. The lowest BCUT2D eigenvalue weighted by Crippen LogP contribution is -2.27. The molecular formula is C7H9N2S+. The third-order valence-corrected chi connectivity index (χ3v) is 3.81. The second-order valence-electron chi connectivity index (χ2n) is 3.06. The number of rotatable bonds is 0. The summed E-state index contributed by atoms with van der Waals surface area (Å²) in [4.78, 5) is 0. The molecule has 2 atom stereocenters. The molecule has 1 saturated carbocycles. The van der Waals surface area contributed by atoms with Crippen molar-refractivity contribution in [3.05, 3.63) is 12.4 Å². The molecule has 2 aliphatic rings. The summed E-state index contributed by atoms with van der Waals surface area (Å²) in [5.74, 6) is 0. The summed E-state index contributed by atoms with van der Waals surface area (Å²) in [5.41, 5.74) is 0. The normalized spacial score (nSPS) is 33.7. The highest BCUT2D eigenvalue weighted by molar-refractivity contribution is 8.00. The summed E-state index contributed by atoms with van der Waals surface area (Å²) in [6.45, 7) is 0. The fourth-order valence-electron chi connectivity index (χ4n) is 1.59. The standard InChI is InChI=1S/C7H9N2S/c1-8-2-3-9-5-4-6(5)10-7(8)9/h2-3,5-6H,4H2,1H3/q+1. The van der Waals surface area contributed by atoms with E-state index in [0.717, 1.165) is 11.3 Å². The second kappa shape index (κ2) is 1.42. The molecule has 0 saturated heterocycles. The van der Waals surface area contributed by atoms with E-state index in [-0.39, 0.29) is 0 Å². The largest absolute Gasteiger partial charge is 0.318 e. The van der Waals surface area contributed by atoms with E-state index >= 15 is 0 Å². The van der Waals surface area contributed by atoms with Gasteiger partial charge >= 0.3 is 5.16 Å². The minimum Gasteiger partial charge on any atom is -0.227 e. The summed E-state index contributed by atoms with van der Waals surface area (Å²) in [6.07, 6.45) is 5.73. The topological polar surface area (TPSA) is 8.81 Å². The Hall–Kier alpha value is -0.440. The number of aromatic nitrogens is 2. The third kappa shape index (κ3) is 0.461. The van der Waals surface area contributed by atoms with Crippen LogP contribution < -0.4 is 4.57 Å². The van der Waals surface area contributed by atoms with Gasteiger partial charge in [-0.3, -0.25) is 0 Å². The van der Waals surface area contributed by atoms with Crippen LogP contribution in [0.3, 0.4) is 0 Å². The number of hydrogen-bond donors (Lipinski definition) is 0. The van der Waals surface area contributed by atoms with Crippen molar-refractivity contribution in [1.82, 2.24) is 4.57 Å². The van der Waals surface area contributed by atoms with Gasteiger partial charge in [-0.05, 0) is 11.8 Å². The summed E-state index contributed by atoms with van der Waals surface area (Å²) in [5, 5.41) is 2.35. The van der Waals surface area contributed by atoms with E-state index in [0.29, 0.717) is 0 Å². The van der Waals surface area contributed by atoms with Crippen LogP contribution in [0.5, 0.6) is 0 Å². The van der Waals surface area contributed by atoms with Gasteiger partial charge in [-0.2, -0.15) is 0 Å². The average Bonchev–Trinajstić information content (AvgIpc) is 2.46. The zero-order chi connectivity index (χ0) is 6.72. The lowest BCUT2D eigenvalue weighted by molar-refractivity contribution is -0.709. The number of aryl methyl sites for hydroxylation is 1. The second-order valence-corrected chi connectivity index (χ2v) is 4.26. The van der Waals surface area contributed by atoms with Crippen LogP contribution in [0.4, 0.5) is 0 Å². The zero-order valence-electron chi connectivity index (χ0n) is 5.82. The van der Waals surface area contributed by atoms with Crippen molar-refractivity contribution in [2.24, 2.45) is 7.05 Å². The van der Waals surface area contributed by atoms with Crippen molar-refractivity contribution >= 4 is 11.8 Å². The van der Waals surface area contributed by atoms with E-state index in [2.05, 4.69) is 28.6 Å². The van der Waals surface area contributed by atoms with Gasteiger partial charge in [0.2, 0.25) is 0 Å². The van der Waals surface area contributed by atoms with Gasteiger partial charge in [0.15, 0.2) is 0 Å². The van der Waals surface area contributed by atoms with E-state index in [1.165, 1.54) is 11.6 Å². The predicted molar refractivity (Wildman–Crippen MR) is 38.9 cm³/mol. The summed E-state index contributed by atoms with van der Waals surface area (Å²) < 4.78 is 4.60. The van der Waals surface area contributed by atoms with E-state index < -0.39 is 0 Å². The lowest BCUT2D eigenvalue weighted by atomic mass is 10.7. The molecule has 1 aliphatic carbocycles. The highest BCUT2D eigenvalue weighted by atomic mass is 32.2. The Labute approximate surface area is 63.9 Å². The van der Waals surface area contributed by atoms with Gasteiger partial charge < -0.3 is 0 Å². The van der Waals surface area contributed by atoms with Gasteiger partial charge in [0, 0.05) is 6.42 Å². The maximum absolute atomic E-state index is 2.40. The molecule has 0 bridgehead atoms. The molecule has 2 nitrogen and oxygen atoms in total. The Morgan fingerprint density at radius 2 is 2.70 bits per heavy atom. The van der Waals surface area contributed by atoms with E-state index in [9.17, 15) is 0 Å².